The molecule has 0 amide bonds. The first kappa shape index (κ1) is 29.4. The first-order valence-corrected chi connectivity index (χ1v) is 15.1. The Morgan fingerprint density at radius 1 is 0.684 bits per heavy atom. The molecule has 1 aliphatic heterocycles. The van der Waals surface area contributed by atoms with Crippen molar-refractivity contribution < 1.29 is 38.0 Å². The van der Waals surface area contributed by atoms with Crippen LogP contribution in [0.5, 0.6) is 0 Å². The lowest BCUT2D eigenvalue weighted by Gasteiger charge is -2.50. The highest BCUT2D eigenvalue weighted by molar-refractivity contribution is 5.62. The van der Waals surface area contributed by atoms with Crippen LogP contribution in [0.1, 0.15) is 99.3 Å². The van der Waals surface area contributed by atoms with Gasteiger partial charge in [-0.2, -0.15) is 0 Å². The lowest BCUT2D eigenvalue weighted by atomic mass is 9.75. The molecule has 4 rings (SSSR count). The summed E-state index contributed by atoms with van der Waals surface area (Å²) in [6.07, 6.45) is 4.60. The van der Waals surface area contributed by atoms with Crippen molar-refractivity contribution in [3.8, 4) is 0 Å². The Morgan fingerprint density at radius 3 is 1.61 bits per heavy atom. The van der Waals surface area contributed by atoms with Crippen LogP contribution in [0.3, 0.4) is 0 Å². The molecule has 8 atom stereocenters. The first-order chi connectivity index (χ1) is 18.1. The molecule has 3 saturated carbocycles. The Balaban J connectivity index is 1.40. The second-order valence-electron chi connectivity index (χ2n) is 13.1. The van der Waals surface area contributed by atoms with Gasteiger partial charge in [-0.1, -0.05) is 54.4 Å². The molecule has 8 heteroatoms. The maximum Gasteiger partial charge on any atom is 0.509 e. The third kappa shape index (κ3) is 6.96. The zero-order chi connectivity index (χ0) is 27.4. The smallest absolute Gasteiger partial charge is 0.431 e. The van der Waals surface area contributed by atoms with E-state index in [4.69, 9.17) is 28.4 Å². The fourth-order valence-corrected chi connectivity index (χ4v) is 6.94. The second-order valence-corrected chi connectivity index (χ2v) is 13.1. The van der Waals surface area contributed by atoms with E-state index in [2.05, 4.69) is 41.5 Å². The predicted octanol–water partition coefficient (Wildman–Crippen LogP) is 6.88. The summed E-state index contributed by atoms with van der Waals surface area (Å²) >= 11 is 0. The van der Waals surface area contributed by atoms with Gasteiger partial charge in [0.15, 0.2) is 12.2 Å². The van der Waals surface area contributed by atoms with E-state index in [0.29, 0.717) is 55.1 Å². The zero-order valence-corrected chi connectivity index (χ0v) is 24.3. The zero-order valence-electron chi connectivity index (χ0n) is 24.3. The van der Waals surface area contributed by atoms with Crippen molar-refractivity contribution in [3.05, 3.63) is 0 Å². The SMILES string of the molecule is CC1CCC(C(C)C)C(OC(=O)O[C@@H]2[C@H](OC(=O)OC3CC(C)CCC3C(C)C)CC23OCCCCO3)C1. The largest absolute Gasteiger partial charge is 0.509 e. The molecule has 6 unspecified atom stereocenters. The summed E-state index contributed by atoms with van der Waals surface area (Å²) in [7, 11) is 0. The molecule has 38 heavy (non-hydrogen) atoms. The molecule has 0 radical (unpaired) electrons. The van der Waals surface area contributed by atoms with Crippen molar-refractivity contribution in [1.29, 1.82) is 0 Å². The van der Waals surface area contributed by atoms with E-state index in [9.17, 15) is 9.59 Å². The average molecular weight is 539 g/mol. The first-order valence-electron chi connectivity index (χ1n) is 15.1. The highest BCUT2D eigenvalue weighted by atomic mass is 16.8. The van der Waals surface area contributed by atoms with Crippen LogP contribution in [0.15, 0.2) is 0 Å². The summed E-state index contributed by atoms with van der Waals surface area (Å²) in [5, 5.41) is 0. The van der Waals surface area contributed by atoms with Crippen molar-refractivity contribution in [2.24, 2.45) is 35.5 Å². The molecule has 4 aliphatic rings. The molecule has 4 fully saturated rings. The van der Waals surface area contributed by atoms with Gasteiger partial charge in [0.1, 0.15) is 12.2 Å². The summed E-state index contributed by atoms with van der Waals surface area (Å²) in [6, 6.07) is 0. The van der Waals surface area contributed by atoms with E-state index in [1.807, 2.05) is 0 Å². The van der Waals surface area contributed by atoms with Crippen molar-refractivity contribution >= 4 is 12.3 Å². The van der Waals surface area contributed by atoms with Gasteiger partial charge in [0, 0.05) is 6.42 Å². The normalized spacial score (nSPS) is 37.3. The number of hydrogen-bond acceptors (Lipinski definition) is 8. The third-order valence-electron chi connectivity index (χ3n) is 9.38. The van der Waals surface area contributed by atoms with Gasteiger partial charge in [-0.25, -0.2) is 9.59 Å². The molecular formula is C30H50O8. The molecule has 0 N–H and O–H groups in total. The monoisotopic (exact) mass is 538 g/mol. The van der Waals surface area contributed by atoms with Crippen LogP contribution >= 0.6 is 0 Å². The van der Waals surface area contributed by atoms with Crippen LogP contribution in [0.4, 0.5) is 9.59 Å². The van der Waals surface area contributed by atoms with Crippen LogP contribution in [-0.4, -0.2) is 55.7 Å². The van der Waals surface area contributed by atoms with Gasteiger partial charge in [-0.15, -0.1) is 0 Å². The molecule has 1 heterocycles. The Hall–Kier alpha value is -1.54. The minimum Gasteiger partial charge on any atom is -0.431 e. The van der Waals surface area contributed by atoms with E-state index in [1.54, 1.807) is 0 Å². The van der Waals surface area contributed by atoms with Crippen LogP contribution in [0, 0.1) is 35.5 Å². The fourth-order valence-electron chi connectivity index (χ4n) is 6.94. The van der Waals surface area contributed by atoms with Gasteiger partial charge < -0.3 is 28.4 Å². The molecule has 1 saturated heterocycles. The van der Waals surface area contributed by atoms with Gasteiger partial charge in [-0.3, -0.25) is 0 Å². The van der Waals surface area contributed by atoms with E-state index in [0.717, 1.165) is 51.4 Å². The lowest BCUT2D eigenvalue weighted by molar-refractivity contribution is -0.353. The molecule has 8 nitrogen and oxygen atoms in total. The van der Waals surface area contributed by atoms with Gasteiger partial charge in [-0.05, 0) is 74.0 Å². The molecule has 0 aromatic rings. The number of rotatable bonds is 6. The Labute approximate surface area is 228 Å². The maximum atomic E-state index is 13.1. The predicted molar refractivity (Wildman–Crippen MR) is 141 cm³/mol. The van der Waals surface area contributed by atoms with Gasteiger partial charge in [0.2, 0.25) is 5.79 Å². The van der Waals surface area contributed by atoms with Gasteiger partial charge >= 0.3 is 12.3 Å². The summed E-state index contributed by atoms with van der Waals surface area (Å²) < 4.78 is 35.4. The van der Waals surface area contributed by atoms with Crippen molar-refractivity contribution in [3.63, 3.8) is 0 Å². The van der Waals surface area contributed by atoms with Crippen LogP contribution < -0.4 is 0 Å². The van der Waals surface area contributed by atoms with Crippen LogP contribution in [0.2, 0.25) is 0 Å². The van der Waals surface area contributed by atoms with Gasteiger partial charge in [0.05, 0.1) is 13.2 Å². The lowest BCUT2D eigenvalue weighted by Crippen LogP contribution is -2.67. The van der Waals surface area contributed by atoms with Gasteiger partial charge in [0.25, 0.3) is 0 Å². The number of ether oxygens (including phenoxy) is 6. The van der Waals surface area contributed by atoms with Crippen molar-refractivity contribution in [1.82, 2.24) is 0 Å². The maximum absolute atomic E-state index is 13.1. The van der Waals surface area contributed by atoms with Crippen LogP contribution in [0.25, 0.3) is 0 Å². The Morgan fingerprint density at radius 2 is 1.13 bits per heavy atom. The number of hydrogen-bond donors (Lipinski definition) is 0. The number of carbonyl (C=O) groups excluding carboxylic acids is 2. The third-order valence-corrected chi connectivity index (χ3v) is 9.38. The minimum absolute atomic E-state index is 0.170. The number of carbonyl (C=O) groups is 2. The highest BCUT2D eigenvalue weighted by Crippen LogP contribution is 2.44. The average Bonchev–Trinajstić information content (AvgIpc) is 3.10. The van der Waals surface area contributed by atoms with Crippen molar-refractivity contribution in [2.75, 3.05) is 13.2 Å². The Kier molecular flexibility index (Phi) is 9.88. The summed E-state index contributed by atoms with van der Waals surface area (Å²) in [5.41, 5.74) is 0. The molecule has 3 aliphatic carbocycles. The Bertz CT molecular complexity index is 789. The van der Waals surface area contributed by atoms with E-state index < -0.39 is 30.3 Å². The summed E-state index contributed by atoms with van der Waals surface area (Å²) in [6.45, 7) is 14.1. The topological polar surface area (TPSA) is 89.5 Å². The summed E-state index contributed by atoms with van der Waals surface area (Å²) in [5.74, 6) is 1.33. The molecular weight excluding hydrogens is 488 g/mol. The molecule has 0 aromatic heterocycles. The fraction of sp³-hybridized carbons (Fsp3) is 0.933. The van der Waals surface area contributed by atoms with Crippen molar-refractivity contribution in [2.45, 2.75) is 130 Å². The van der Waals surface area contributed by atoms with E-state index in [1.165, 1.54) is 0 Å². The standard InChI is InChI=1S/C30H50O8/c1-18(2)22-11-9-20(5)15-24(22)35-28(31)37-26-17-30(33-13-7-8-14-34-30)27(26)38-29(32)36-25-16-21(6)10-12-23(25)19(3)4/h18-27H,7-17H2,1-6H3/t20?,21?,22?,23?,24?,25?,26-,27-/m1/s1. The molecule has 1 spiro atoms. The molecule has 0 bridgehead atoms. The molecule has 0 aromatic carbocycles. The summed E-state index contributed by atoms with van der Waals surface area (Å²) in [4.78, 5) is 26.0. The molecule has 218 valence electrons. The second kappa shape index (κ2) is 12.8. The van der Waals surface area contributed by atoms with E-state index >= 15 is 0 Å². The minimum atomic E-state index is -1.11. The van der Waals surface area contributed by atoms with E-state index in [-0.39, 0.29) is 12.2 Å². The van der Waals surface area contributed by atoms with Crippen LogP contribution in [-0.2, 0) is 28.4 Å². The quantitative estimate of drug-likeness (QED) is 0.338. The highest BCUT2D eigenvalue weighted by Gasteiger charge is 2.62.